The van der Waals surface area contributed by atoms with Gasteiger partial charge in [0.15, 0.2) is 0 Å². The molecule has 2 aromatic rings. The van der Waals surface area contributed by atoms with Gasteiger partial charge in [-0.05, 0) is 37.1 Å². The number of halogens is 1. The Morgan fingerprint density at radius 2 is 2.04 bits per heavy atom. The lowest BCUT2D eigenvalue weighted by Gasteiger charge is -2.26. The van der Waals surface area contributed by atoms with Gasteiger partial charge in [0, 0.05) is 19.3 Å². The number of carbonyl (C=O) groups is 1. The Morgan fingerprint density at radius 1 is 1.29 bits per heavy atom. The first kappa shape index (κ1) is 16.7. The summed E-state index contributed by atoms with van der Waals surface area (Å²) in [4.78, 5) is 23.2. The van der Waals surface area contributed by atoms with Gasteiger partial charge < -0.3 is 15.0 Å². The number of ether oxygens (including phenoxy) is 1. The summed E-state index contributed by atoms with van der Waals surface area (Å²) < 4.78 is 5.32. The fourth-order valence-electron chi connectivity index (χ4n) is 2.64. The van der Waals surface area contributed by atoms with Crippen molar-refractivity contribution in [1.29, 1.82) is 0 Å². The first-order valence-corrected chi connectivity index (χ1v) is 8.16. The van der Waals surface area contributed by atoms with Crippen LogP contribution in [0.15, 0.2) is 24.4 Å². The molecule has 1 fully saturated rings. The molecule has 3 rings (SSSR count). The minimum absolute atomic E-state index is 0.305. The Labute approximate surface area is 145 Å². The number of hydrogen-bond donors (Lipinski definition) is 1. The van der Waals surface area contributed by atoms with Gasteiger partial charge in [0.1, 0.15) is 5.69 Å². The van der Waals surface area contributed by atoms with E-state index in [-0.39, 0.29) is 5.91 Å². The van der Waals surface area contributed by atoms with Crippen LogP contribution >= 0.6 is 11.6 Å². The number of aromatic nitrogens is 2. The Morgan fingerprint density at radius 3 is 2.75 bits per heavy atom. The summed E-state index contributed by atoms with van der Waals surface area (Å²) in [6.45, 7) is 6.58. The first-order chi connectivity index (χ1) is 11.5. The minimum atomic E-state index is -0.305. The summed E-state index contributed by atoms with van der Waals surface area (Å²) >= 11 is 6.25. The van der Waals surface area contributed by atoms with Crippen molar-refractivity contribution < 1.29 is 9.53 Å². The average Bonchev–Trinajstić information content (AvgIpc) is 2.59. The van der Waals surface area contributed by atoms with E-state index in [4.69, 9.17) is 16.3 Å². The highest BCUT2D eigenvalue weighted by molar-refractivity contribution is 6.34. The van der Waals surface area contributed by atoms with Gasteiger partial charge in [-0.1, -0.05) is 17.7 Å². The van der Waals surface area contributed by atoms with Crippen LogP contribution in [0.25, 0.3) is 0 Å². The predicted molar refractivity (Wildman–Crippen MR) is 93.9 cm³/mol. The Bertz CT molecular complexity index is 737. The molecule has 24 heavy (non-hydrogen) atoms. The van der Waals surface area contributed by atoms with Crippen LogP contribution in [0.3, 0.4) is 0 Å². The van der Waals surface area contributed by atoms with E-state index in [1.807, 2.05) is 30.9 Å². The van der Waals surface area contributed by atoms with E-state index >= 15 is 0 Å². The summed E-state index contributed by atoms with van der Waals surface area (Å²) in [7, 11) is 0. The minimum Gasteiger partial charge on any atom is -0.378 e. The number of benzene rings is 1. The second-order valence-corrected chi connectivity index (χ2v) is 6.14. The number of nitrogens with zero attached hydrogens (tertiary/aromatic N) is 3. The van der Waals surface area contributed by atoms with Gasteiger partial charge in [-0.25, -0.2) is 9.97 Å². The summed E-state index contributed by atoms with van der Waals surface area (Å²) in [5, 5.41) is 3.36. The Balaban J connectivity index is 1.80. The van der Waals surface area contributed by atoms with E-state index < -0.39 is 0 Å². The predicted octanol–water partition coefficient (Wildman–Crippen LogP) is 2.84. The summed E-state index contributed by atoms with van der Waals surface area (Å²) in [6.07, 6.45) is 1.59. The van der Waals surface area contributed by atoms with Crippen LogP contribution in [-0.2, 0) is 4.74 Å². The first-order valence-electron chi connectivity index (χ1n) is 7.78. The van der Waals surface area contributed by atoms with Crippen molar-refractivity contribution in [3.63, 3.8) is 0 Å². The molecule has 1 aromatic carbocycles. The smallest absolute Gasteiger partial charge is 0.274 e. The molecule has 1 aliphatic heterocycles. The number of rotatable bonds is 3. The van der Waals surface area contributed by atoms with Crippen molar-refractivity contribution in [2.75, 3.05) is 36.5 Å². The van der Waals surface area contributed by atoms with E-state index in [1.54, 1.807) is 12.3 Å². The second-order valence-electron chi connectivity index (χ2n) is 5.73. The van der Waals surface area contributed by atoms with Crippen molar-refractivity contribution in [1.82, 2.24) is 9.97 Å². The van der Waals surface area contributed by atoms with E-state index in [0.717, 1.165) is 11.1 Å². The second kappa shape index (κ2) is 7.15. The maximum absolute atomic E-state index is 12.5. The molecule has 0 radical (unpaired) electrons. The molecule has 2 heterocycles. The number of hydrogen-bond acceptors (Lipinski definition) is 5. The molecule has 1 aliphatic rings. The highest BCUT2D eigenvalue weighted by Gasteiger charge is 2.17. The van der Waals surface area contributed by atoms with Crippen LogP contribution in [0.5, 0.6) is 0 Å². The molecule has 0 spiro atoms. The zero-order valence-corrected chi connectivity index (χ0v) is 14.4. The molecule has 1 saturated heterocycles. The maximum Gasteiger partial charge on any atom is 0.274 e. The highest BCUT2D eigenvalue weighted by atomic mass is 35.5. The molecule has 0 atom stereocenters. The molecule has 0 aliphatic carbocycles. The average molecular weight is 347 g/mol. The molecule has 7 heteroatoms. The summed E-state index contributed by atoms with van der Waals surface area (Å²) in [5.41, 5.74) is 2.88. The summed E-state index contributed by atoms with van der Waals surface area (Å²) in [6, 6.07) is 5.39. The van der Waals surface area contributed by atoms with E-state index in [2.05, 4.69) is 15.3 Å². The van der Waals surface area contributed by atoms with Crippen molar-refractivity contribution in [2.24, 2.45) is 0 Å². The lowest BCUT2D eigenvalue weighted by atomic mass is 10.1. The maximum atomic E-state index is 12.5. The van der Waals surface area contributed by atoms with Crippen LogP contribution in [0.4, 0.5) is 11.6 Å². The van der Waals surface area contributed by atoms with Gasteiger partial charge in [-0.15, -0.1) is 0 Å². The molecule has 0 unspecified atom stereocenters. The number of anilines is 2. The third-order valence-corrected chi connectivity index (χ3v) is 4.14. The standard InChI is InChI=1S/C17H19ClN4O2/c1-11-9-12(2)15(13(18)10-11)21-16(23)14-3-4-19-17(20-14)22-5-7-24-8-6-22/h3-4,9-10H,5-8H2,1-2H3,(H,21,23). The van der Waals surface area contributed by atoms with Crippen molar-refractivity contribution in [2.45, 2.75) is 13.8 Å². The molecular formula is C17H19ClN4O2. The van der Waals surface area contributed by atoms with Crippen molar-refractivity contribution >= 4 is 29.1 Å². The monoisotopic (exact) mass is 346 g/mol. The lowest BCUT2D eigenvalue weighted by molar-refractivity contribution is 0.102. The molecule has 0 bridgehead atoms. The van der Waals surface area contributed by atoms with Gasteiger partial charge in [-0.2, -0.15) is 0 Å². The molecule has 6 nitrogen and oxygen atoms in total. The van der Waals surface area contributed by atoms with E-state index in [1.165, 1.54) is 0 Å². The number of morpholine rings is 1. The zero-order valence-electron chi connectivity index (χ0n) is 13.7. The van der Waals surface area contributed by atoms with Crippen LogP contribution in [-0.4, -0.2) is 42.2 Å². The normalized spacial score (nSPS) is 14.5. The van der Waals surface area contributed by atoms with Crippen LogP contribution in [0.2, 0.25) is 5.02 Å². The number of nitrogens with one attached hydrogen (secondary N) is 1. The topological polar surface area (TPSA) is 67.4 Å². The van der Waals surface area contributed by atoms with Crippen molar-refractivity contribution in [3.05, 3.63) is 46.2 Å². The number of aryl methyl sites for hydroxylation is 2. The van der Waals surface area contributed by atoms with Gasteiger partial charge >= 0.3 is 0 Å². The van der Waals surface area contributed by atoms with Gasteiger partial charge in [-0.3, -0.25) is 4.79 Å². The molecule has 126 valence electrons. The molecule has 1 amide bonds. The van der Waals surface area contributed by atoms with Crippen molar-refractivity contribution in [3.8, 4) is 0 Å². The quantitative estimate of drug-likeness (QED) is 0.925. The molecule has 1 N–H and O–H groups in total. The Hall–Kier alpha value is -2.18. The SMILES string of the molecule is Cc1cc(C)c(NC(=O)c2ccnc(N3CCOCC3)n2)c(Cl)c1. The number of amides is 1. The van der Waals surface area contributed by atoms with Crippen LogP contribution < -0.4 is 10.2 Å². The lowest BCUT2D eigenvalue weighted by Crippen LogP contribution is -2.37. The molecule has 0 saturated carbocycles. The third kappa shape index (κ3) is 3.66. The van der Waals surface area contributed by atoms with E-state index in [0.29, 0.717) is 48.7 Å². The zero-order chi connectivity index (χ0) is 17.1. The van der Waals surface area contributed by atoms with Gasteiger partial charge in [0.25, 0.3) is 5.91 Å². The summed E-state index contributed by atoms with van der Waals surface area (Å²) in [5.74, 6) is 0.235. The van der Waals surface area contributed by atoms with E-state index in [9.17, 15) is 4.79 Å². The molecular weight excluding hydrogens is 328 g/mol. The number of carbonyl (C=O) groups excluding carboxylic acids is 1. The van der Waals surface area contributed by atoms with Gasteiger partial charge in [0.2, 0.25) is 5.95 Å². The third-order valence-electron chi connectivity index (χ3n) is 3.84. The Kier molecular flexibility index (Phi) is 4.97. The highest BCUT2D eigenvalue weighted by Crippen LogP contribution is 2.27. The van der Waals surface area contributed by atoms with Gasteiger partial charge in [0.05, 0.1) is 23.9 Å². The molecule has 1 aromatic heterocycles. The van der Waals surface area contributed by atoms with Crippen LogP contribution in [0.1, 0.15) is 21.6 Å². The largest absolute Gasteiger partial charge is 0.378 e. The fraction of sp³-hybridized carbons (Fsp3) is 0.353. The fourth-order valence-corrected chi connectivity index (χ4v) is 3.01. The van der Waals surface area contributed by atoms with Crippen LogP contribution in [0, 0.1) is 13.8 Å².